The Balaban J connectivity index is 2.96. The fourth-order valence-electron chi connectivity index (χ4n) is 1.34. The van der Waals surface area contributed by atoms with E-state index in [1.807, 2.05) is 0 Å². The molecule has 0 spiro atoms. The van der Waals surface area contributed by atoms with E-state index in [2.05, 4.69) is 0 Å². The SMILES string of the molecule is N[C@H](CCCO)c1c(F)ccc(F)c1Cl. The van der Waals surface area contributed by atoms with Crippen molar-refractivity contribution in [3.05, 3.63) is 34.4 Å². The Morgan fingerprint density at radius 1 is 1.33 bits per heavy atom. The maximum atomic E-state index is 13.3. The first-order chi connectivity index (χ1) is 7.07. The fourth-order valence-corrected chi connectivity index (χ4v) is 1.63. The number of hydrogen-bond acceptors (Lipinski definition) is 2. The van der Waals surface area contributed by atoms with Crippen LogP contribution < -0.4 is 5.73 Å². The lowest BCUT2D eigenvalue weighted by molar-refractivity contribution is 0.279. The minimum absolute atomic E-state index is 0.0230. The van der Waals surface area contributed by atoms with Crippen LogP contribution in [-0.4, -0.2) is 11.7 Å². The van der Waals surface area contributed by atoms with Crippen molar-refractivity contribution < 1.29 is 13.9 Å². The highest BCUT2D eigenvalue weighted by Crippen LogP contribution is 2.29. The number of aliphatic hydroxyl groups excluding tert-OH is 1. The minimum Gasteiger partial charge on any atom is -0.396 e. The summed E-state index contributed by atoms with van der Waals surface area (Å²) in [6.07, 6.45) is 0.782. The Morgan fingerprint density at radius 2 is 1.93 bits per heavy atom. The normalized spacial score (nSPS) is 12.9. The predicted octanol–water partition coefficient (Wildman–Crippen LogP) is 2.39. The van der Waals surface area contributed by atoms with Crippen molar-refractivity contribution >= 4 is 11.6 Å². The van der Waals surface area contributed by atoms with Gasteiger partial charge < -0.3 is 10.8 Å². The van der Waals surface area contributed by atoms with Gasteiger partial charge in [-0.3, -0.25) is 0 Å². The van der Waals surface area contributed by atoms with E-state index in [1.165, 1.54) is 0 Å². The molecule has 0 radical (unpaired) electrons. The highest BCUT2D eigenvalue weighted by molar-refractivity contribution is 6.31. The molecule has 0 aliphatic heterocycles. The van der Waals surface area contributed by atoms with Gasteiger partial charge in [-0.15, -0.1) is 0 Å². The Kier molecular flexibility index (Phi) is 4.45. The third-order valence-electron chi connectivity index (χ3n) is 2.12. The number of benzene rings is 1. The minimum atomic E-state index is -0.694. The fraction of sp³-hybridized carbons (Fsp3) is 0.400. The molecule has 0 saturated heterocycles. The van der Waals surface area contributed by atoms with E-state index in [0.29, 0.717) is 12.8 Å². The molecule has 0 fully saturated rings. The van der Waals surface area contributed by atoms with E-state index in [4.69, 9.17) is 22.4 Å². The van der Waals surface area contributed by atoms with Crippen LogP contribution >= 0.6 is 11.6 Å². The van der Waals surface area contributed by atoms with Crippen LogP contribution in [-0.2, 0) is 0 Å². The zero-order valence-corrected chi connectivity index (χ0v) is 8.77. The molecule has 2 nitrogen and oxygen atoms in total. The van der Waals surface area contributed by atoms with E-state index in [-0.39, 0.29) is 17.2 Å². The van der Waals surface area contributed by atoms with Gasteiger partial charge in [0.25, 0.3) is 0 Å². The molecule has 0 aromatic heterocycles. The molecular formula is C10H12ClF2NO. The summed E-state index contributed by atoms with van der Waals surface area (Å²) in [6.45, 7) is -0.0394. The smallest absolute Gasteiger partial charge is 0.142 e. The van der Waals surface area contributed by atoms with Crippen LogP contribution in [0.15, 0.2) is 12.1 Å². The van der Waals surface area contributed by atoms with Gasteiger partial charge >= 0.3 is 0 Å². The average Bonchev–Trinajstić information content (AvgIpc) is 2.21. The molecule has 1 aromatic carbocycles. The summed E-state index contributed by atoms with van der Waals surface area (Å²) in [4.78, 5) is 0. The van der Waals surface area contributed by atoms with Crippen molar-refractivity contribution in [3.8, 4) is 0 Å². The molecule has 0 aliphatic carbocycles. The monoisotopic (exact) mass is 235 g/mol. The van der Waals surface area contributed by atoms with Gasteiger partial charge in [-0.25, -0.2) is 8.78 Å². The van der Waals surface area contributed by atoms with Crippen LogP contribution in [0, 0.1) is 11.6 Å². The molecule has 0 saturated carbocycles. The molecule has 15 heavy (non-hydrogen) atoms. The molecule has 0 aliphatic rings. The van der Waals surface area contributed by atoms with Crippen molar-refractivity contribution in [2.45, 2.75) is 18.9 Å². The van der Waals surface area contributed by atoms with Crippen molar-refractivity contribution in [1.82, 2.24) is 0 Å². The maximum absolute atomic E-state index is 13.3. The first-order valence-corrected chi connectivity index (χ1v) is 4.95. The van der Waals surface area contributed by atoms with Gasteiger partial charge in [0.05, 0.1) is 5.02 Å². The van der Waals surface area contributed by atoms with Crippen LogP contribution in [0.5, 0.6) is 0 Å². The Labute approximate surface area is 91.7 Å². The second kappa shape index (κ2) is 5.39. The molecule has 1 aromatic rings. The van der Waals surface area contributed by atoms with Crippen LogP contribution in [0.2, 0.25) is 5.02 Å². The lowest BCUT2D eigenvalue weighted by Crippen LogP contribution is -2.14. The molecule has 0 bridgehead atoms. The van der Waals surface area contributed by atoms with E-state index >= 15 is 0 Å². The summed E-state index contributed by atoms with van der Waals surface area (Å²) < 4.78 is 26.4. The highest BCUT2D eigenvalue weighted by atomic mass is 35.5. The molecule has 0 heterocycles. The second-order valence-electron chi connectivity index (χ2n) is 3.23. The largest absolute Gasteiger partial charge is 0.396 e. The van der Waals surface area contributed by atoms with Gasteiger partial charge in [0.1, 0.15) is 11.6 Å². The number of hydrogen-bond donors (Lipinski definition) is 2. The molecule has 3 N–H and O–H groups in total. The van der Waals surface area contributed by atoms with Crippen LogP contribution in [0.1, 0.15) is 24.4 Å². The summed E-state index contributed by atoms with van der Waals surface area (Å²) >= 11 is 5.61. The van der Waals surface area contributed by atoms with Crippen molar-refractivity contribution in [2.75, 3.05) is 6.61 Å². The lowest BCUT2D eigenvalue weighted by Gasteiger charge is -2.14. The quantitative estimate of drug-likeness (QED) is 0.788. The zero-order valence-electron chi connectivity index (χ0n) is 8.01. The molecular weight excluding hydrogens is 224 g/mol. The van der Waals surface area contributed by atoms with Gasteiger partial charge in [0.2, 0.25) is 0 Å². The summed E-state index contributed by atoms with van der Waals surface area (Å²) in [7, 11) is 0. The molecule has 0 unspecified atom stereocenters. The Morgan fingerprint density at radius 3 is 2.53 bits per heavy atom. The van der Waals surface area contributed by atoms with Crippen LogP contribution in [0.4, 0.5) is 8.78 Å². The standard InChI is InChI=1S/C10H12ClF2NO/c11-10-7(13)4-3-6(12)9(10)8(14)2-1-5-15/h3-4,8,15H,1-2,5,14H2/t8-/m1/s1. The average molecular weight is 236 g/mol. The van der Waals surface area contributed by atoms with E-state index in [1.54, 1.807) is 0 Å². The molecule has 1 rings (SSSR count). The molecule has 0 amide bonds. The third kappa shape index (κ3) is 2.87. The number of rotatable bonds is 4. The first kappa shape index (κ1) is 12.4. The van der Waals surface area contributed by atoms with Crippen LogP contribution in [0.3, 0.4) is 0 Å². The number of halogens is 3. The van der Waals surface area contributed by atoms with Gasteiger partial charge in [-0.1, -0.05) is 11.6 Å². The predicted molar refractivity (Wildman–Crippen MR) is 54.6 cm³/mol. The van der Waals surface area contributed by atoms with E-state index < -0.39 is 17.7 Å². The van der Waals surface area contributed by atoms with Gasteiger partial charge in [0, 0.05) is 18.2 Å². The highest BCUT2D eigenvalue weighted by Gasteiger charge is 2.17. The lowest BCUT2D eigenvalue weighted by atomic mass is 10.0. The summed E-state index contributed by atoms with van der Waals surface area (Å²) in [6, 6.07) is 1.26. The molecule has 5 heteroatoms. The number of aliphatic hydroxyl groups is 1. The summed E-state index contributed by atoms with van der Waals surface area (Å²) in [5.74, 6) is -1.31. The first-order valence-electron chi connectivity index (χ1n) is 4.57. The van der Waals surface area contributed by atoms with Crippen molar-refractivity contribution in [1.29, 1.82) is 0 Å². The van der Waals surface area contributed by atoms with E-state index in [0.717, 1.165) is 12.1 Å². The third-order valence-corrected chi connectivity index (χ3v) is 2.51. The van der Waals surface area contributed by atoms with Gasteiger partial charge in [0.15, 0.2) is 0 Å². The summed E-state index contributed by atoms with van der Waals surface area (Å²) in [5, 5.41) is 8.32. The molecule has 1 atom stereocenters. The zero-order chi connectivity index (χ0) is 11.4. The Bertz CT molecular complexity index is 346. The van der Waals surface area contributed by atoms with Crippen LogP contribution in [0.25, 0.3) is 0 Å². The summed E-state index contributed by atoms with van der Waals surface area (Å²) in [5.41, 5.74) is 5.63. The second-order valence-corrected chi connectivity index (χ2v) is 3.61. The molecule has 84 valence electrons. The van der Waals surface area contributed by atoms with Gasteiger partial charge in [-0.05, 0) is 25.0 Å². The van der Waals surface area contributed by atoms with Crippen molar-refractivity contribution in [3.63, 3.8) is 0 Å². The van der Waals surface area contributed by atoms with Gasteiger partial charge in [-0.2, -0.15) is 0 Å². The van der Waals surface area contributed by atoms with Crippen molar-refractivity contribution in [2.24, 2.45) is 5.73 Å². The Hall–Kier alpha value is -0.710. The number of nitrogens with two attached hydrogens (primary N) is 1. The topological polar surface area (TPSA) is 46.2 Å². The van der Waals surface area contributed by atoms with E-state index in [9.17, 15) is 8.78 Å². The maximum Gasteiger partial charge on any atom is 0.142 e.